The van der Waals surface area contributed by atoms with E-state index in [1.54, 1.807) is 4.90 Å². The van der Waals surface area contributed by atoms with Gasteiger partial charge in [0.15, 0.2) is 5.82 Å². The fraction of sp³-hybridized carbons (Fsp3) is 0.654. The fourth-order valence-corrected chi connectivity index (χ4v) is 6.04. The van der Waals surface area contributed by atoms with Crippen LogP contribution in [0.1, 0.15) is 90.5 Å². The highest BCUT2D eigenvalue weighted by atomic mass is 16.3. The molecule has 0 unspecified atom stereocenters. The molecule has 1 aliphatic heterocycles. The van der Waals surface area contributed by atoms with Crippen LogP contribution < -0.4 is 0 Å². The molecule has 7 heteroatoms. The first-order valence-corrected chi connectivity index (χ1v) is 12.7. The Bertz CT molecular complexity index is 1120. The van der Waals surface area contributed by atoms with Gasteiger partial charge in [-0.3, -0.25) is 9.59 Å². The summed E-state index contributed by atoms with van der Waals surface area (Å²) in [5.74, 6) is 1.56. The Labute approximate surface area is 194 Å². The second-order valence-corrected chi connectivity index (χ2v) is 10.7. The van der Waals surface area contributed by atoms with Crippen molar-refractivity contribution in [2.45, 2.75) is 82.3 Å². The lowest BCUT2D eigenvalue weighted by molar-refractivity contribution is -0.138. The Morgan fingerprint density at radius 1 is 1.00 bits per heavy atom. The maximum absolute atomic E-state index is 13.5. The number of rotatable bonds is 4. The van der Waals surface area contributed by atoms with E-state index < -0.39 is 0 Å². The Balaban J connectivity index is 1.27. The van der Waals surface area contributed by atoms with Gasteiger partial charge in [-0.25, -0.2) is 4.98 Å². The van der Waals surface area contributed by atoms with E-state index in [2.05, 4.69) is 13.0 Å². The molecule has 6 rings (SSSR count). The highest BCUT2D eigenvalue weighted by Crippen LogP contribution is 2.49. The lowest BCUT2D eigenvalue weighted by atomic mass is 9.91. The minimum Gasteiger partial charge on any atom is -0.393 e. The second-order valence-electron chi connectivity index (χ2n) is 10.7. The number of aryl methyl sites for hydroxylation is 2. The lowest BCUT2D eigenvalue weighted by Gasteiger charge is -2.41. The molecule has 7 nitrogen and oxygen atoms in total. The number of fused-ring (bicyclic) bond motifs is 1. The number of imidazole rings is 1. The third-order valence-corrected chi connectivity index (χ3v) is 8.34. The molecule has 1 saturated heterocycles. The predicted molar refractivity (Wildman–Crippen MR) is 125 cm³/mol. The zero-order valence-corrected chi connectivity index (χ0v) is 19.7. The van der Waals surface area contributed by atoms with Crippen LogP contribution in [0.25, 0.3) is 11.0 Å². The number of aliphatic hydroxyl groups excluding tert-OH is 1. The Morgan fingerprint density at radius 3 is 2.30 bits per heavy atom. The van der Waals surface area contributed by atoms with E-state index in [1.807, 2.05) is 16.5 Å². The van der Waals surface area contributed by atoms with E-state index in [4.69, 9.17) is 4.98 Å². The first kappa shape index (κ1) is 21.1. The van der Waals surface area contributed by atoms with Gasteiger partial charge in [-0.15, -0.1) is 0 Å². The Hall–Kier alpha value is -2.41. The van der Waals surface area contributed by atoms with Gasteiger partial charge in [0.05, 0.1) is 17.1 Å². The number of carbonyl (C=O) groups excluding carboxylic acids is 2. The highest BCUT2D eigenvalue weighted by molar-refractivity contribution is 5.98. The van der Waals surface area contributed by atoms with E-state index in [0.717, 1.165) is 36.7 Å². The largest absolute Gasteiger partial charge is 0.393 e. The number of benzene rings is 1. The van der Waals surface area contributed by atoms with Gasteiger partial charge >= 0.3 is 0 Å². The zero-order valence-electron chi connectivity index (χ0n) is 19.7. The van der Waals surface area contributed by atoms with Crippen molar-refractivity contribution in [2.24, 2.45) is 7.05 Å². The number of hydrogen-bond acceptors (Lipinski definition) is 4. The standard InChI is InChI=1S/C26H34N4O3/c1-15-20(16-3-4-16)13-21(17-5-6-17)24-23(15)27-25(28(24)2)26(33)29-11-12-30(22(32)14-29)18-7-9-19(31)10-8-18/h13,16-19,31H,3-12,14H2,1-2H3/t18-,19-. The van der Waals surface area contributed by atoms with Gasteiger partial charge in [0, 0.05) is 26.2 Å². The summed E-state index contributed by atoms with van der Waals surface area (Å²) in [6.07, 6.45) is 7.89. The van der Waals surface area contributed by atoms with E-state index in [9.17, 15) is 14.7 Å². The van der Waals surface area contributed by atoms with Crippen LogP contribution in [0.5, 0.6) is 0 Å². The molecule has 33 heavy (non-hydrogen) atoms. The van der Waals surface area contributed by atoms with Crippen molar-refractivity contribution in [1.29, 1.82) is 0 Å². The van der Waals surface area contributed by atoms with Crippen LogP contribution in [-0.4, -0.2) is 68.1 Å². The van der Waals surface area contributed by atoms with E-state index >= 15 is 0 Å². The van der Waals surface area contributed by atoms with Crippen molar-refractivity contribution in [3.05, 3.63) is 28.6 Å². The summed E-state index contributed by atoms with van der Waals surface area (Å²) >= 11 is 0. The van der Waals surface area contributed by atoms with E-state index in [1.165, 1.54) is 42.4 Å². The molecule has 176 valence electrons. The summed E-state index contributed by atoms with van der Waals surface area (Å²) in [7, 11) is 1.95. The number of nitrogens with zero attached hydrogens (tertiary/aromatic N) is 4. The molecule has 3 saturated carbocycles. The monoisotopic (exact) mass is 450 g/mol. The fourth-order valence-electron chi connectivity index (χ4n) is 6.04. The molecule has 2 amide bonds. The number of piperazine rings is 1. The third-order valence-electron chi connectivity index (χ3n) is 8.34. The normalized spacial score (nSPS) is 26.3. The first-order valence-electron chi connectivity index (χ1n) is 12.7. The number of aliphatic hydroxyl groups is 1. The minimum atomic E-state index is -0.235. The van der Waals surface area contributed by atoms with Gasteiger partial charge in [0.25, 0.3) is 5.91 Å². The molecule has 4 aliphatic rings. The number of aromatic nitrogens is 2. The van der Waals surface area contributed by atoms with Crippen molar-refractivity contribution in [1.82, 2.24) is 19.4 Å². The molecule has 0 atom stereocenters. The summed E-state index contributed by atoms with van der Waals surface area (Å²) in [6.45, 7) is 3.36. The molecule has 0 spiro atoms. The molecule has 2 heterocycles. The second kappa shape index (κ2) is 7.83. The van der Waals surface area contributed by atoms with Crippen LogP contribution in [0.2, 0.25) is 0 Å². The molecule has 4 fully saturated rings. The van der Waals surface area contributed by atoms with Crippen molar-refractivity contribution in [3.63, 3.8) is 0 Å². The molecule has 2 aromatic rings. The van der Waals surface area contributed by atoms with Gasteiger partial charge in [0.1, 0.15) is 6.54 Å². The average Bonchev–Trinajstić information content (AvgIpc) is 3.72. The molecule has 3 aliphatic carbocycles. The molecular weight excluding hydrogens is 416 g/mol. The third kappa shape index (κ3) is 3.65. The molecular formula is C26H34N4O3. The van der Waals surface area contributed by atoms with Gasteiger partial charge < -0.3 is 19.5 Å². The van der Waals surface area contributed by atoms with Gasteiger partial charge in [-0.2, -0.15) is 0 Å². The van der Waals surface area contributed by atoms with Crippen molar-refractivity contribution < 1.29 is 14.7 Å². The lowest BCUT2D eigenvalue weighted by Crippen LogP contribution is -2.56. The highest BCUT2D eigenvalue weighted by Gasteiger charge is 2.37. The molecule has 0 radical (unpaired) electrons. The SMILES string of the molecule is Cc1c(C2CC2)cc(C2CC2)c2c1nc(C(=O)N1CCN([C@H]3CC[C@H](O)CC3)C(=O)C1)n2C. The molecule has 0 bridgehead atoms. The van der Waals surface area contributed by atoms with Crippen LogP contribution >= 0.6 is 0 Å². The van der Waals surface area contributed by atoms with Gasteiger partial charge in [-0.05, 0) is 86.8 Å². The molecule has 1 aromatic heterocycles. The number of hydrogen-bond donors (Lipinski definition) is 1. The van der Waals surface area contributed by atoms with Crippen LogP contribution in [0.3, 0.4) is 0 Å². The minimum absolute atomic E-state index is 0.0145. The maximum atomic E-state index is 13.5. The summed E-state index contributed by atoms with van der Waals surface area (Å²) in [6, 6.07) is 2.59. The summed E-state index contributed by atoms with van der Waals surface area (Å²) in [4.78, 5) is 35.0. The van der Waals surface area contributed by atoms with E-state index in [0.29, 0.717) is 30.7 Å². The summed E-state index contributed by atoms with van der Waals surface area (Å²) in [5, 5.41) is 9.78. The van der Waals surface area contributed by atoms with Crippen molar-refractivity contribution in [2.75, 3.05) is 19.6 Å². The quantitative estimate of drug-likeness (QED) is 0.776. The van der Waals surface area contributed by atoms with Crippen LogP contribution in [0, 0.1) is 6.92 Å². The number of amides is 2. The zero-order chi connectivity index (χ0) is 22.9. The first-order chi connectivity index (χ1) is 15.9. The molecule has 1 N–H and O–H groups in total. The van der Waals surface area contributed by atoms with Gasteiger partial charge in [0.2, 0.25) is 5.91 Å². The number of carbonyl (C=O) groups is 2. The van der Waals surface area contributed by atoms with Gasteiger partial charge in [-0.1, -0.05) is 6.07 Å². The molecule has 1 aromatic carbocycles. The van der Waals surface area contributed by atoms with Crippen LogP contribution in [0.15, 0.2) is 6.07 Å². The topological polar surface area (TPSA) is 78.7 Å². The van der Waals surface area contributed by atoms with Crippen molar-refractivity contribution in [3.8, 4) is 0 Å². The maximum Gasteiger partial charge on any atom is 0.290 e. The van der Waals surface area contributed by atoms with Crippen LogP contribution in [-0.2, 0) is 11.8 Å². The van der Waals surface area contributed by atoms with Crippen LogP contribution in [0.4, 0.5) is 0 Å². The Kier molecular flexibility index (Phi) is 5.02. The average molecular weight is 451 g/mol. The van der Waals surface area contributed by atoms with Crippen molar-refractivity contribution >= 4 is 22.8 Å². The van der Waals surface area contributed by atoms with E-state index in [-0.39, 0.29) is 30.5 Å². The smallest absolute Gasteiger partial charge is 0.290 e. The predicted octanol–water partition coefficient (Wildman–Crippen LogP) is 3.22. The Morgan fingerprint density at radius 2 is 1.67 bits per heavy atom. The summed E-state index contributed by atoms with van der Waals surface area (Å²) < 4.78 is 1.98. The summed E-state index contributed by atoms with van der Waals surface area (Å²) in [5.41, 5.74) is 6.06.